The smallest absolute Gasteiger partial charge is 0.315 e. The fourth-order valence-corrected chi connectivity index (χ4v) is 1.49. The van der Waals surface area contributed by atoms with Crippen LogP contribution in [0.5, 0.6) is 0 Å². The normalized spacial score (nSPS) is 9.70. The molecule has 0 radical (unpaired) electrons. The topological polar surface area (TPSA) is 84.5 Å². The molecule has 0 aromatic heterocycles. The highest BCUT2D eigenvalue weighted by molar-refractivity contribution is 6.02. The standard InChI is InChI=1S/C14H18N2O4/c1-3-7-15-14(19)10-5-4-6-11(8-10)16-12(17)9-13(18)20-2/h4-6,8H,3,7,9H2,1-2H3,(H,15,19)(H,16,17). The zero-order valence-corrected chi connectivity index (χ0v) is 11.6. The molecule has 2 amide bonds. The second kappa shape index (κ2) is 7.93. The summed E-state index contributed by atoms with van der Waals surface area (Å²) in [6.45, 7) is 2.56. The van der Waals surface area contributed by atoms with E-state index in [2.05, 4.69) is 15.4 Å². The summed E-state index contributed by atoms with van der Waals surface area (Å²) in [5, 5.41) is 5.28. The van der Waals surface area contributed by atoms with E-state index >= 15 is 0 Å². The molecule has 6 heteroatoms. The summed E-state index contributed by atoms with van der Waals surface area (Å²) in [4.78, 5) is 34.2. The maximum atomic E-state index is 11.8. The lowest BCUT2D eigenvalue weighted by molar-refractivity contribution is -0.142. The monoisotopic (exact) mass is 278 g/mol. The Morgan fingerprint density at radius 1 is 1.25 bits per heavy atom. The summed E-state index contributed by atoms with van der Waals surface area (Å²) in [6, 6.07) is 6.52. The molecule has 1 aromatic carbocycles. The zero-order chi connectivity index (χ0) is 15.0. The first-order valence-corrected chi connectivity index (χ1v) is 6.31. The minimum absolute atomic E-state index is 0.198. The summed E-state index contributed by atoms with van der Waals surface area (Å²) < 4.78 is 4.40. The molecule has 20 heavy (non-hydrogen) atoms. The number of benzene rings is 1. The molecule has 6 nitrogen and oxygen atoms in total. The SMILES string of the molecule is CCCNC(=O)c1cccc(NC(=O)CC(=O)OC)c1. The number of amides is 2. The van der Waals surface area contributed by atoms with Gasteiger partial charge in [-0.2, -0.15) is 0 Å². The van der Waals surface area contributed by atoms with Gasteiger partial charge in [0.2, 0.25) is 5.91 Å². The molecule has 0 aliphatic rings. The van der Waals surface area contributed by atoms with Gasteiger partial charge in [0.1, 0.15) is 6.42 Å². The summed E-state index contributed by atoms with van der Waals surface area (Å²) >= 11 is 0. The molecule has 0 bridgehead atoms. The molecular formula is C14H18N2O4. The predicted molar refractivity (Wildman–Crippen MR) is 74.3 cm³/mol. The van der Waals surface area contributed by atoms with Gasteiger partial charge >= 0.3 is 5.97 Å². The van der Waals surface area contributed by atoms with Gasteiger partial charge in [0.25, 0.3) is 5.91 Å². The van der Waals surface area contributed by atoms with E-state index in [1.807, 2.05) is 6.92 Å². The van der Waals surface area contributed by atoms with Crippen LogP contribution in [0.25, 0.3) is 0 Å². The van der Waals surface area contributed by atoms with Crippen molar-refractivity contribution >= 4 is 23.5 Å². The number of anilines is 1. The molecule has 0 fully saturated rings. The van der Waals surface area contributed by atoms with Gasteiger partial charge in [-0.3, -0.25) is 14.4 Å². The minimum atomic E-state index is -0.612. The van der Waals surface area contributed by atoms with Gasteiger partial charge in [-0.25, -0.2) is 0 Å². The van der Waals surface area contributed by atoms with E-state index in [4.69, 9.17) is 0 Å². The van der Waals surface area contributed by atoms with Crippen molar-refractivity contribution in [2.75, 3.05) is 19.0 Å². The van der Waals surface area contributed by atoms with Crippen LogP contribution in [0.15, 0.2) is 24.3 Å². The van der Waals surface area contributed by atoms with Crippen LogP contribution in [0.4, 0.5) is 5.69 Å². The summed E-state index contributed by atoms with van der Waals surface area (Å²) in [7, 11) is 1.22. The van der Waals surface area contributed by atoms with Gasteiger partial charge in [0.05, 0.1) is 7.11 Å². The van der Waals surface area contributed by atoms with Gasteiger partial charge in [0.15, 0.2) is 0 Å². The maximum Gasteiger partial charge on any atom is 0.315 e. The fourth-order valence-electron chi connectivity index (χ4n) is 1.49. The van der Waals surface area contributed by atoms with Gasteiger partial charge in [-0.15, -0.1) is 0 Å². The summed E-state index contributed by atoms with van der Waals surface area (Å²) in [6.07, 6.45) is 0.490. The van der Waals surface area contributed by atoms with Crippen molar-refractivity contribution in [1.82, 2.24) is 5.32 Å². The van der Waals surface area contributed by atoms with Crippen molar-refractivity contribution in [1.29, 1.82) is 0 Å². The van der Waals surface area contributed by atoms with Gasteiger partial charge in [-0.05, 0) is 24.6 Å². The number of hydrogen-bond donors (Lipinski definition) is 2. The Morgan fingerprint density at radius 3 is 2.65 bits per heavy atom. The number of carbonyl (C=O) groups is 3. The van der Waals surface area contributed by atoms with Crippen molar-refractivity contribution in [3.05, 3.63) is 29.8 Å². The van der Waals surface area contributed by atoms with Gasteiger partial charge < -0.3 is 15.4 Å². The third-order valence-corrected chi connectivity index (χ3v) is 2.48. The Labute approximate surface area is 117 Å². The lowest BCUT2D eigenvalue weighted by Gasteiger charge is -2.07. The molecule has 0 atom stereocenters. The first kappa shape index (κ1) is 15.7. The number of nitrogens with one attached hydrogen (secondary N) is 2. The highest BCUT2D eigenvalue weighted by Crippen LogP contribution is 2.11. The quantitative estimate of drug-likeness (QED) is 0.607. The average Bonchev–Trinajstić information content (AvgIpc) is 2.44. The molecule has 108 valence electrons. The molecule has 0 aliphatic heterocycles. The Kier molecular flexibility index (Phi) is 6.22. The van der Waals surface area contributed by atoms with Crippen LogP contribution in [-0.2, 0) is 14.3 Å². The van der Waals surface area contributed by atoms with Crippen LogP contribution in [0, 0.1) is 0 Å². The van der Waals surface area contributed by atoms with E-state index in [-0.39, 0.29) is 12.3 Å². The number of ether oxygens (including phenoxy) is 1. The molecule has 1 aromatic rings. The number of methoxy groups -OCH3 is 1. The fraction of sp³-hybridized carbons (Fsp3) is 0.357. The van der Waals surface area contributed by atoms with Crippen LogP contribution in [0.1, 0.15) is 30.1 Å². The zero-order valence-electron chi connectivity index (χ0n) is 11.6. The number of hydrogen-bond acceptors (Lipinski definition) is 4. The number of carbonyl (C=O) groups excluding carboxylic acids is 3. The van der Waals surface area contributed by atoms with Crippen LogP contribution < -0.4 is 10.6 Å². The van der Waals surface area contributed by atoms with Gasteiger partial charge in [-0.1, -0.05) is 13.0 Å². The van der Waals surface area contributed by atoms with E-state index in [1.54, 1.807) is 24.3 Å². The second-order valence-electron chi connectivity index (χ2n) is 4.14. The second-order valence-corrected chi connectivity index (χ2v) is 4.14. The van der Waals surface area contributed by atoms with Crippen molar-refractivity contribution < 1.29 is 19.1 Å². The molecule has 0 aliphatic carbocycles. The van der Waals surface area contributed by atoms with E-state index in [9.17, 15) is 14.4 Å². The van der Waals surface area contributed by atoms with E-state index in [0.717, 1.165) is 6.42 Å². The predicted octanol–water partition coefficient (Wildman–Crippen LogP) is 1.33. The Bertz CT molecular complexity index is 500. The third kappa shape index (κ3) is 5.09. The minimum Gasteiger partial charge on any atom is -0.469 e. The molecule has 2 N–H and O–H groups in total. The molecule has 0 saturated heterocycles. The number of rotatable bonds is 6. The van der Waals surface area contributed by atoms with Crippen molar-refractivity contribution in [3.63, 3.8) is 0 Å². The lowest BCUT2D eigenvalue weighted by Crippen LogP contribution is -2.24. The Balaban J connectivity index is 2.66. The molecule has 1 rings (SSSR count). The lowest BCUT2D eigenvalue weighted by atomic mass is 10.2. The Hall–Kier alpha value is -2.37. The average molecular weight is 278 g/mol. The molecule has 0 saturated carbocycles. The number of esters is 1. The van der Waals surface area contributed by atoms with E-state index in [1.165, 1.54) is 7.11 Å². The Morgan fingerprint density at radius 2 is 2.00 bits per heavy atom. The maximum absolute atomic E-state index is 11.8. The van der Waals surface area contributed by atoms with Crippen molar-refractivity contribution in [2.24, 2.45) is 0 Å². The van der Waals surface area contributed by atoms with E-state index < -0.39 is 11.9 Å². The summed E-state index contributed by atoms with van der Waals surface area (Å²) in [5.41, 5.74) is 0.914. The van der Waals surface area contributed by atoms with Crippen LogP contribution >= 0.6 is 0 Å². The summed E-state index contributed by atoms with van der Waals surface area (Å²) in [5.74, 6) is -1.29. The van der Waals surface area contributed by atoms with E-state index in [0.29, 0.717) is 17.8 Å². The molecule has 0 heterocycles. The van der Waals surface area contributed by atoms with Gasteiger partial charge in [0, 0.05) is 17.8 Å². The first-order valence-electron chi connectivity index (χ1n) is 6.31. The van der Waals surface area contributed by atoms with Crippen molar-refractivity contribution in [3.8, 4) is 0 Å². The third-order valence-electron chi connectivity index (χ3n) is 2.48. The first-order chi connectivity index (χ1) is 9.56. The molecule has 0 unspecified atom stereocenters. The largest absolute Gasteiger partial charge is 0.469 e. The highest BCUT2D eigenvalue weighted by Gasteiger charge is 2.11. The molecular weight excluding hydrogens is 260 g/mol. The van der Waals surface area contributed by atoms with Crippen LogP contribution in [0.2, 0.25) is 0 Å². The highest BCUT2D eigenvalue weighted by atomic mass is 16.5. The molecule has 0 spiro atoms. The van der Waals surface area contributed by atoms with Crippen LogP contribution in [0.3, 0.4) is 0 Å². The van der Waals surface area contributed by atoms with Crippen molar-refractivity contribution in [2.45, 2.75) is 19.8 Å². The van der Waals surface area contributed by atoms with Crippen LogP contribution in [-0.4, -0.2) is 31.4 Å².